The minimum absolute atomic E-state index is 0.212. The molecule has 1 N–H and O–H groups in total. The zero-order valence-corrected chi connectivity index (χ0v) is 5.29. The van der Waals surface area contributed by atoms with Gasteiger partial charge in [0.2, 0.25) is 0 Å². The summed E-state index contributed by atoms with van der Waals surface area (Å²) in [5.41, 5.74) is 0. The molecule has 0 aromatic heterocycles. The van der Waals surface area contributed by atoms with Crippen LogP contribution in [0.4, 0.5) is 0 Å². The van der Waals surface area contributed by atoms with Gasteiger partial charge in [0.05, 0.1) is 7.11 Å². The maximum Gasteiger partial charge on any atom is 0.179 e. The maximum atomic E-state index is 9.01. The van der Waals surface area contributed by atoms with E-state index in [1.807, 2.05) is 12.2 Å². The van der Waals surface area contributed by atoms with Crippen molar-refractivity contribution in [3.63, 3.8) is 0 Å². The molecule has 0 saturated carbocycles. The lowest BCUT2D eigenvalue weighted by atomic mass is 10.1. The summed E-state index contributed by atoms with van der Waals surface area (Å²) in [6.45, 7) is 0. The number of rotatable bonds is 1. The van der Waals surface area contributed by atoms with Gasteiger partial charge in [-0.2, -0.15) is 0 Å². The van der Waals surface area contributed by atoms with Crippen LogP contribution in [0.25, 0.3) is 0 Å². The van der Waals surface area contributed by atoms with Crippen LogP contribution in [0.15, 0.2) is 24.0 Å². The van der Waals surface area contributed by atoms with E-state index in [0.29, 0.717) is 5.76 Å². The van der Waals surface area contributed by atoms with Crippen molar-refractivity contribution in [3.8, 4) is 0 Å². The molecule has 0 amide bonds. The molecule has 1 radical (unpaired) electrons. The molecule has 0 atom stereocenters. The fourth-order valence-electron chi connectivity index (χ4n) is 0.729. The Morgan fingerprint density at radius 3 is 2.89 bits per heavy atom. The molecule has 2 nitrogen and oxygen atoms in total. The van der Waals surface area contributed by atoms with E-state index in [2.05, 4.69) is 0 Å². The number of ether oxygens (including phenoxy) is 1. The van der Waals surface area contributed by atoms with Gasteiger partial charge >= 0.3 is 0 Å². The third kappa shape index (κ3) is 1.33. The van der Waals surface area contributed by atoms with Crippen LogP contribution in [-0.4, -0.2) is 12.2 Å². The van der Waals surface area contributed by atoms with Gasteiger partial charge in [0.1, 0.15) is 5.76 Å². The highest BCUT2D eigenvalue weighted by atomic mass is 16.5. The molecular weight excluding hydrogens is 116 g/mol. The Bertz CT molecular complexity index is 147. The average Bonchev–Trinajstić information content (AvgIpc) is 1.89. The van der Waals surface area contributed by atoms with Crippen molar-refractivity contribution in [1.82, 2.24) is 0 Å². The van der Waals surface area contributed by atoms with Crippen molar-refractivity contribution < 1.29 is 9.84 Å². The van der Waals surface area contributed by atoms with Crippen molar-refractivity contribution >= 4 is 0 Å². The molecule has 0 saturated heterocycles. The van der Waals surface area contributed by atoms with Crippen LogP contribution in [0.3, 0.4) is 0 Å². The van der Waals surface area contributed by atoms with Crippen LogP contribution in [0, 0.1) is 6.10 Å². The smallest absolute Gasteiger partial charge is 0.179 e. The fourth-order valence-corrected chi connectivity index (χ4v) is 0.729. The molecule has 1 rings (SSSR count). The van der Waals surface area contributed by atoms with Crippen LogP contribution in [-0.2, 0) is 4.74 Å². The zero-order chi connectivity index (χ0) is 6.69. The predicted octanol–water partition coefficient (Wildman–Crippen LogP) is 1.38. The normalized spacial score (nSPS) is 19.6. The van der Waals surface area contributed by atoms with Crippen LogP contribution in [0.1, 0.15) is 6.42 Å². The van der Waals surface area contributed by atoms with Crippen molar-refractivity contribution in [2.75, 3.05) is 7.11 Å². The molecule has 0 spiro atoms. The second-order valence-electron chi connectivity index (χ2n) is 1.80. The topological polar surface area (TPSA) is 29.5 Å². The van der Waals surface area contributed by atoms with E-state index in [-0.39, 0.29) is 6.10 Å². The van der Waals surface area contributed by atoms with Gasteiger partial charge in [-0.3, -0.25) is 0 Å². The molecule has 0 bridgehead atoms. The molecule has 0 unspecified atom stereocenters. The van der Waals surface area contributed by atoms with Crippen LogP contribution < -0.4 is 0 Å². The van der Waals surface area contributed by atoms with Gasteiger partial charge < -0.3 is 9.84 Å². The fraction of sp³-hybridized carbons (Fsp3) is 0.286. The van der Waals surface area contributed by atoms with Gasteiger partial charge in [0.15, 0.2) is 6.10 Å². The van der Waals surface area contributed by atoms with Crippen LogP contribution in [0.2, 0.25) is 0 Å². The van der Waals surface area contributed by atoms with Crippen molar-refractivity contribution in [3.05, 3.63) is 30.1 Å². The van der Waals surface area contributed by atoms with E-state index in [0.717, 1.165) is 6.42 Å². The van der Waals surface area contributed by atoms with Crippen molar-refractivity contribution in [2.45, 2.75) is 6.42 Å². The lowest BCUT2D eigenvalue weighted by Gasteiger charge is -2.10. The number of hydrogen-bond donors (Lipinski definition) is 1. The molecule has 0 fully saturated rings. The Hall–Kier alpha value is -0.760. The third-order valence-corrected chi connectivity index (χ3v) is 1.19. The van der Waals surface area contributed by atoms with E-state index < -0.39 is 0 Å². The van der Waals surface area contributed by atoms with E-state index >= 15 is 0 Å². The Morgan fingerprint density at radius 2 is 2.44 bits per heavy atom. The van der Waals surface area contributed by atoms with E-state index in [1.165, 1.54) is 0 Å². The second-order valence-corrected chi connectivity index (χ2v) is 1.80. The molecule has 49 valence electrons. The largest absolute Gasteiger partial charge is 0.498 e. The summed E-state index contributed by atoms with van der Waals surface area (Å²) in [6, 6.07) is 0. The number of hydrogen-bond acceptors (Lipinski definition) is 2. The van der Waals surface area contributed by atoms with Crippen molar-refractivity contribution in [2.24, 2.45) is 0 Å². The van der Waals surface area contributed by atoms with Crippen molar-refractivity contribution in [1.29, 1.82) is 0 Å². The van der Waals surface area contributed by atoms with Gasteiger partial charge in [-0.15, -0.1) is 0 Å². The minimum atomic E-state index is 0.212. The lowest BCUT2D eigenvalue weighted by molar-refractivity contribution is 0.222. The summed E-state index contributed by atoms with van der Waals surface area (Å²) in [7, 11) is 1.54. The lowest BCUT2D eigenvalue weighted by Crippen LogP contribution is -2.01. The number of allylic oxidation sites excluding steroid dienone is 2. The maximum absolute atomic E-state index is 9.01. The van der Waals surface area contributed by atoms with Crippen LogP contribution in [0.5, 0.6) is 0 Å². The zero-order valence-electron chi connectivity index (χ0n) is 5.29. The first-order valence-corrected chi connectivity index (χ1v) is 2.81. The molecule has 0 aromatic rings. The Labute approximate surface area is 54.5 Å². The Morgan fingerprint density at radius 1 is 1.67 bits per heavy atom. The average molecular weight is 125 g/mol. The summed E-state index contributed by atoms with van der Waals surface area (Å²) in [4.78, 5) is 0. The van der Waals surface area contributed by atoms with Gasteiger partial charge in [0, 0.05) is 0 Å². The summed E-state index contributed by atoms with van der Waals surface area (Å²) in [5.74, 6) is 0.567. The number of methoxy groups -OCH3 is 1. The Balaban J connectivity index is 2.59. The molecule has 1 aliphatic rings. The van der Waals surface area contributed by atoms with Gasteiger partial charge in [-0.1, -0.05) is 6.08 Å². The predicted molar refractivity (Wildman–Crippen MR) is 34.0 cm³/mol. The van der Waals surface area contributed by atoms with E-state index in [9.17, 15) is 0 Å². The highest BCUT2D eigenvalue weighted by molar-refractivity contribution is 5.27. The Kier molecular flexibility index (Phi) is 1.90. The molecule has 0 aromatic carbocycles. The van der Waals surface area contributed by atoms with E-state index in [1.54, 1.807) is 13.2 Å². The summed E-state index contributed by atoms with van der Waals surface area (Å²) >= 11 is 0. The standard InChI is InChI=1S/C7H9O2/c1-9-7-5-3-2-4-6(7)8/h2,4-5,8H,3H2,1H3. The molecule has 0 heterocycles. The van der Waals surface area contributed by atoms with Gasteiger partial charge in [0.25, 0.3) is 0 Å². The third-order valence-electron chi connectivity index (χ3n) is 1.19. The molecule has 1 aliphatic carbocycles. The highest BCUT2D eigenvalue weighted by Crippen LogP contribution is 2.17. The summed E-state index contributed by atoms with van der Waals surface area (Å²) in [6.07, 6.45) is 6.39. The molecule has 2 heteroatoms. The number of aliphatic hydroxyl groups excluding tert-OH is 1. The monoisotopic (exact) mass is 125 g/mol. The summed E-state index contributed by atoms with van der Waals surface area (Å²) < 4.78 is 4.83. The summed E-state index contributed by atoms with van der Waals surface area (Å²) in [5, 5.41) is 9.01. The highest BCUT2D eigenvalue weighted by Gasteiger charge is 2.10. The van der Waals surface area contributed by atoms with Gasteiger partial charge in [-0.05, 0) is 18.6 Å². The minimum Gasteiger partial charge on any atom is -0.498 e. The van der Waals surface area contributed by atoms with Crippen LogP contribution >= 0.6 is 0 Å². The first-order chi connectivity index (χ1) is 4.34. The quantitative estimate of drug-likeness (QED) is 0.573. The van der Waals surface area contributed by atoms with E-state index in [4.69, 9.17) is 9.84 Å². The second kappa shape index (κ2) is 2.69. The molecule has 0 aliphatic heterocycles. The first kappa shape index (κ1) is 6.36. The number of aliphatic hydroxyl groups is 1. The molecular formula is C7H9O2. The molecule has 9 heavy (non-hydrogen) atoms. The SMILES string of the molecule is COC1=CCC=C[C]1O. The van der Waals surface area contributed by atoms with Gasteiger partial charge in [-0.25, -0.2) is 0 Å². The first-order valence-electron chi connectivity index (χ1n) is 2.81.